The number of halogens is 2. The number of carbonyl (C=O) groups is 1. The van der Waals surface area contributed by atoms with Gasteiger partial charge in [-0.25, -0.2) is 5.43 Å². The molecule has 5 nitrogen and oxygen atoms in total. The van der Waals surface area contributed by atoms with Crippen LogP contribution in [0.1, 0.15) is 5.56 Å². The van der Waals surface area contributed by atoms with Crippen LogP contribution in [0.2, 0.25) is 0 Å². The Morgan fingerprint density at radius 2 is 2.09 bits per heavy atom. The first kappa shape index (κ1) is 17.5. The zero-order valence-corrected chi connectivity index (χ0v) is 15.5. The van der Waals surface area contributed by atoms with E-state index in [4.69, 9.17) is 4.74 Å². The molecule has 0 heterocycles. The summed E-state index contributed by atoms with van der Waals surface area (Å²) < 4.78 is 6.96. The van der Waals surface area contributed by atoms with Crippen LogP contribution in [0.25, 0.3) is 0 Å². The lowest BCUT2D eigenvalue weighted by Gasteiger charge is -2.07. The van der Waals surface area contributed by atoms with Crippen molar-refractivity contribution in [2.24, 2.45) is 5.10 Å². The van der Waals surface area contributed by atoms with Crippen molar-refractivity contribution in [2.45, 2.75) is 0 Å². The second-order valence-corrected chi connectivity index (χ2v) is 6.32. The Labute approximate surface area is 151 Å². The predicted octanol–water partition coefficient (Wildman–Crippen LogP) is 3.78. The molecule has 0 fully saturated rings. The van der Waals surface area contributed by atoms with Gasteiger partial charge >= 0.3 is 0 Å². The summed E-state index contributed by atoms with van der Waals surface area (Å²) in [5, 5.41) is 6.96. The Bertz CT molecular complexity index is 720. The molecular weight excluding hydrogens is 426 g/mol. The van der Waals surface area contributed by atoms with Crippen molar-refractivity contribution in [3.05, 3.63) is 57.0 Å². The number of nitrogens with one attached hydrogen (secondary N) is 2. The highest BCUT2D eigenvalue weighted by molar-refractivity contribution is 9.11. The molecule has 0 saturated carbocycles. The van der Waals surface area contributed by atoms with Gasteiger partial charge in [0.1, 0.15) is 5.75 Å². The van der Waals surface area contributed by atoms with Crippen LogP contribution < -0.4 is 15.5 Å². The maximum Gasteiger partial charge on any atom is 0.259 e. The highest BCUT2D eigenvalue weighted by Crippen LogP contribution is 2.25. The summed E-state index contributed by atoms with van der Waals surface area (Å²) in [6.07, 6.45) is 1.57. The van der Waals surface area contributed by atoms with E-state index in [-0.39, 0.29) is 12.5 Å². The van der Waals surface area contributed by atoms with Crippen molar-refractivity contribution in [1.29, 1.82) is 0 Å². The summed E-state index contributed by atoms with van der Waals surface area (Å²) in [5.74, 6) is 0.501. The summed E-state index contributed by atoms with van der Waals surface area (Å²) >= 11 is 6.81. The second kappa shape index (κ2) is 8.69. The summed E-state index contributed by atoms with van der Waals surface area (Å²) in [4.78, 5) is 11.8. The molecule has 0 radical (unpaired) electrons. The minimum Gasteiger partial charge on any atom is -0.497 e. The van der Waals surface area contributed by atoms with Gasteiger partial charge in [0.15, 0.2) is 0 Å². The Hall–Kier alpha value is -1.86. The highest BCUT2D eigenvalue weighted by Gasteiger charge is 2.03. The van der Waals surface area contributed by atoms with Gasteiger partial charge in [0, 0.05) is 14.6 Å². The standard InChI is InChI=1S/C16H15Br2N3O2/c1-23-13-4-2-3-11(7-13)9-20-21-16(22)10-19-15-6-5-12(17)8-14(15)18/h2-9,19H,10H2,1H3,(H,21,22). The van der Waals surface area contributed by atoms with Gasteiger partial charge in [0.25, 0.3) is 5.91 Å². The molecule has 2 rings (SSSR count). The molecule has 1 amide bonds. The number of ether oxygens (including phenoxy) is 1. The van der Waals surface area contributed by atoms with E-state index in [0.29, 0.717) is 0 Å². The van der Waals surface area contributed by atoms with Crippen molar-refractivity contribution in [3.63, 3.8) is 0 Å². The fourth-order valence-corrected chi connectivity index (χ4v) is 2.94. The van der Waals surface area contributed by atoms with E-state index < -0.39 is 0 Å². The van der Waals surface area contributed by atoms with Crippen LogP contribution in [0.15, 0.2) is 56.5 Å². The summed E-state index contributed by atoms with van der Waals surface area (Å²) in [6.45, 7) is 0.121. The first-order valence-corrected chi connectivity index (χ1v) is 8.32. The fraction of sp³-hybridized carbons (Fsp3) is 0.125. The van der Waals surface area contributed by atoms with Crippen LogP contribution in [0.3, 0.4) is 0 Å². The van der Waals surface area contributed by atoms with E-state index >= 15 is 0 Å². The molecule has 0 atom stereocenters. The van der Waals surface area contributed by atoms with E-state index in [9.17, 15) is 4.79 Å². The van der Waals surface area contributed by atoms with Crippen molar-refractivity contribution in [2.75, 3.05) is 19.0 Å². The molecule has 2 N–H and O–H groups in total. The second-order valence-electron chi connectivity index (χ2n) is 4.55. The minimum atomic E-state index is -0.237. The smallest absolute Gasteiger partial charge is 0.259 e. The number of hydrogen-bond donors (Lipinski definition) is 2. The highest BCUT2D eigenvalue weighted by atomic mass is 79.9. The number of anilines is 1. The van der Waals surface area contributed by atoms with Crippen LogP contribution in [-0.2, 0) is 4.79 Å². The Kier molecular flexibility index (Phi) is 6.61. The first-order valence-electron chi connectivity index (χ1n) is 6.73. The number of amides is 1. The van der Waals surface area contributed by atoms with Gasteiger partial charge < -0.3 is 10.1 Å². The molecule has 2 aromatic rings. The number of methoxy groups -OCH3 is 1. The van der Waals surface area contributed by atoms with E-state index in [2.05, 4.69) is 47.7 Å². The molecule has 0 aliphatic rings. The number of hydrogen-bond acceptors (Lipinski definition) is 4. The van der Waals surface area contributed by atoms with Gasteiger partial charge in [-0.05, 0) is 51.8 Å². The molecule has 7 heteroatoms. The topological polar surface area (TPSA) is 62.7 Å². The van der Waals surface area contributed by atoms with Gasteiger partial charge in [0.05, 0.1) is 19.9 Å². The predicted molar refractivity (Wildman–Crippen MR) is 99.1 cm³/mol. The van der Waals surface area contributed by atoms with Gasteiger partial charge in [-0.3, -0.25) is 4.79 Å². The molecule has 0 aliphatic heterocycles. The molecule has 0 spiro atoms. The zero-order chi connectivity index (χ0) is 16.7. The van der Waals surface area contributed by atoms with E-state index in [1.165, 1.54) is 0 Å². The first-order chi connectivity index (χ1) is 11.1. The van der Waals surface area contributed by atoms with Crippen LogP contribution in [-0.4, -0.2) is 25.8 Å². The number of hydrazone groups is 1. The molecule has 0 bridgehead atoms. The number of rotatable bonds is 6. The molecule has 0 aromatic heterocycles. The molecule has 0 aliphatic carbocycles. The minimum absolute atomic E-state index is 0.121. The van der Waals surface area contributed by atoms with Gasteiger partial charge in [-0.2, -0.15) is 5.10 Å². The molecule has 2 aromatic carbocycles. The molecule has 23 heavy (non-hydrogen) atoms. The molecule has 0 saturated heterocycles. The Morgan fingerprint density at radius 3 is 2.83 bits per heavy atom. The third-order valence-corrected chi connectivity index (χ3v) is 4.02. The van der Waals surface area contributed by atoms with Crippen LogP contribution >= 0.6 is 31.9 Å². The molecular formula is C16H15Br2N3O2. The van der Waals surface area contributed by atoms with Crippen LogP contribution in [0.5, 0.6) is 5.75 Å². The summed E-state index contributed by atoms with van der Waals surface area (Å²) in [6, 6.07) is 13.1. The summed E-state index contributed by atoms with van der Waals surface area (Å²) in [7, 11) is 1.60. The average molecular weight is 441 g/mol. The Balaban J connectivity index is 1.83. The van der Waals surface area contributed by atoms with Crippen LogP contribution in [0.4, 0.5) is 5.69 Å². The number of carbonyl (C=O) groups excluding carboxylic acids is 1. The lowest BCUT2D eigenvalue weighted by molar-refractivity contribution is -0.119. The monoisotopic (exact) mass is 439 g/mol. The number of nitrogens with zero attached hydrogens (tertiary/aromatic N) is 1. The summed E-state index contributed by atoms with van der Waals surface area (Å²) in [5.41, 5.74) is 4.15. The lowest BCUT2D eigenvalue weighted by Crippen LogP contribution is -2.26. The maximum atomic E-state index is 11.8. The Morgan fingerprint density at radius 1 is 1.26 bits per heavy atom. The van der Waals surface area contributed by atoms with Crippen molar-refractivity contribution in [1.82, 2.24) is 5.43 Å². The van der Waals surface area contributed by atoms with E-state index in [1.807, 2.05) is 42.5 Å². The quantitative estimate of drug-likeness (QED) is 0.530. The van der Waals surface area contributed by atoms with E-state index in [1.54, 1.807) is 13.3 Å². The fourth-order valence-electron chi connectivity index (χ4n) is 1.75. The van der Waals surface area contributed by atoms with E-state index in [0.717, 1.165) is 25.9 Å². The van der Waals surface area contributed by atoms with Gasteiger partial charge in [-0.15, -0.1) is 0 Å². The third kappa shape index (κ3) is 5.69. The lowest BCUT2D eigenvalue weighted by atomic mass is 10.2. The number of benzene rings is 2. The zero-order valence-electron chi connectivity index (χ0n) is 12.3. The van der Waals surface area contributed by atoms with Gasteiger partial charge in [0.2, 0.25) is 0 Å². The van der Waals surface area contributed by atoms with Gasteiger partial charge in [-0.1, -0.05) is 28.1 Å². The SMILES string of the molecule is COc1cccc(C=NNC(=O)CNc2ccc(Br)cc2Br)c1. The third-order valence-electron chi connectivity index (χ3n) is 2.87. The normalized spacial score (nSPS) is 10.6. The largest absolute Gasteiger partial charge is 0.497 e. The van der Waals surface area contributed by atoms with Crippen molar-refractivity contribution < 1.29 is 9.53 Å². The molecule has 120 valence electrons. The average Bonchev–Trinajstić information content (AvgIpc) is 2.54. The maximum absolute atomic E-state index is 11.8. The molecule has 0 unspecified atom stereocenters. The van der Waals surface area contributed by atoms with Crippen molar-refractivity contribution in [3.8, 4) is 5.75 Å². The van der Waals surface area contributed by atoms with Crippen molar-refractivity contribution >= 4 is 49.7 Å². The van der Waals surface area contributed by atoms with Crippen LogP contribution in [0, 0.1) is 0 Å².